The molecule has 4 nitrogen and oxygen atoms in total. The van der Waals surface area contributed by atoms with Gasteiger partial charge < -0.3 is 9.84 Å². The van der Waals surface area contributed by atoms with Gasteiger partial charge in [-0.1, -0.05) is 17.6 Å². The zero-order valence-electron chi connectivity index (χ0n) is 11.0. The Labute approximate surface area is 121 Å². The molecule has 1 aromatic heterocycles. The number of rotatable bonds is 4. The van der Waals surface area contributed by atoms with E-state index in [4.69, 9.17) is 4.52 Å². The number of nitrogens with zero attached hydrogens (tertiary/aromatic N) is 2. The summed E-state index contributed by atoms with van der Waals surface area (Å²) in [4.78, 5) is 5.28. The van der Waals surface area contributed by atoms with Crippen molar-refractivity contribution in [3.05, 3.63) is 41.8 Å². The highest BCUT2D eigenvalue weighted by molar-refractivity contribution is 7.98. The number of hydrogen-bond acceptors (Lipinski definition) is 5. The minimum atomic E-state index is -0.227. The molecule has 1 fully saturated rings. The summed E-state index contributed by atoms with van der Waals surface area (Å²) < 4.78 is 18.4. The zero-order chi connectivity index (χ0) is 13.8. The zero-order valence-corrected chi connectivity index (χ0v) is 11.8. The number of benzene rings is 1. The molecule has 1 atom stereocenters. The second kappa shape index (κ2) is 6.37. The van der Waals surface area contributed by atoms with E-state index in [1.807, 2.05) is 6.07 Å². The lowest BCUT2D eigenvalue weighted by atomic mass is 10.1. The molecule has 0 unspecified atom stereocenters. The van der Waals surface area contributed by atoms with E-state index in [0.29, 0.717) is 17.5 Å². The van der Waals surface area contributed by atoms with E-state index in [9.17, 15) is 4.39 Å². The van der Waals surface area contributed by atoms with Crippen molar-refractivity contribution in [2.24, 2.45) is 0 Å². The molecule has 0 radical (unpaired) electrons. The molecule has 1 saturated heterocycles. The van der Waals surface area contributed by atoms with E-state index in [-0.39, 0.29) is 11.9 Å². The maximum atomic E-state index is 13.1. The van der Waals surface area contributed by atoms with Gasteiger partial charge in [-0.25, -0.2) is 4.39 Å². The van der Waals surface area contributed by atoms with Crippen molar-refractivity contribution in [1.29, 1.82) is 0 Å². The van der Waals surface area contributed by atoms with E-state index in [0.717, 1.165) is 17.9 Å². The molecule has 0 amide bonds. The predicted molar refractivity (Wildman–Crippen MR) is 74.9 cm³/mol. The molecule has 1 aliphatic heterocycles. The Morgan fingerprint density at radius 2 is 2.35 bits per heavy atom. The van der Waals surface area contributed by atoms with Crippen LogP contribution in [0.2, 0.25) is 0 Å². The monoisotopic (exact) mass is 293 g/mol. The van der Waals surface area contributed by atoms with E-state index in [1.165, 1.54) is 36.7 Å². The minimum absolute atomic E-state index is 0.184. The molecule has 0 saturated carbocycles. The average Bonchev–Trinajstić information content (AvgIpc) is 2.95. The maximum Gasteiger partial charge on any atom is 0.243 e. The molecular formula is C14H16FN3OS. The number of thioether (sulfide) groups is 1. The molecule has 1 aliphatic rings. The van der Waals surface area contributed by atoms with Gasteiger partial charge in [-0.2, -0.15) is 4.98 Å². The molecule has 20 heavy (non-hydrogen) atoms. The number of hydrogen-bond donors (Lipinski definition) is 1. The molecule has 0 bridgehead atoms. The summed E-state index contributed by atoms with van der Waals surface area (Å²) in [7, 11) is 0. The van der Waals surface area contributed by atoms with Crippen LogP contribution in [0.1, 0.15) is 37.0 Å². The quantitative estimate of drug-likeness (QED) is 0.876. The van der Waals surface area contributed by atoms with Gasteiger partial charge >= 0.3 is 0 Å². The number of aromatic nitrogens is 2. The lowest BCUT2D eigenvalue weighted by Crippen LogP contribution is -2.26. The van der Waals surface area contributed by atoms with Crippen LogP contribution < -0.4 is 5.32 Å². The summed E-state index contributed by atoms with van der Waals surface area (Å²) in [5.74, 6) is 1.68. The second-order valence-electron chi connectivity index (χ2n) is 4.80. The molecule has 2 aromatic rings. The number of piperidine rings is 1. The Morgan fingerprint density at radius 1 is 1.40 bits per heavy atom. The largest absolute Gasteiger partial charge is 0.338 e. The van der Waals surface area contributed by atoms with Crippen LogP contribution in [0.4, 0.5) is 4.39 Å². The van der Waals surface area contributed by atoms with Gasteiger partial charge in [0.25, 0.3) is 0 Å². The molecule has 0 aliphatic carbocycles. The van der Waals surface area contributed by atoms with E-state index >= 15 is 0 Å². The summed E-state index contributed by atoms with van der Waals surface area (Å²) in [5, 5.41) is 7.37. The van der Waals surface area contributed by atoms with Gasteiger partial charge in [0, 0.05) is 4.90 Å². The van der Waals surface area contributed by atoms with E-state index in [2.05, 4.69) is 15.5 Å². The number of nitrogens with one attached hydrogen (secondary N) is 1. The van der Waals surface area contributed by atoms with Crippen LogP contribution in [0.15, 0.2) is 33.7 Å². The van der Waals surface area contributed by atoms with Crippen LogP contribution in [-0.2, 0) is 5.75 Å². The van der Waals surface area contributed by atoms with Crippen molar-refractivity contribution in [2.75, 3.05) is 6.54 Å². The fourth-order valence-corrected chi connectivity index (χ4v) is 3.02. The van der Waals surface area contributed by atoms with Crippen LogP contribution >= 0.6 is 11.8 Å². The fraction of sp³-hybridized carbons (Fsp3) is 0.429. The standard InChI is InChI=1S/C14H16FN3OS/c15-10-4-3-5-11(8-10)20-9-13-17-14(19-18-13)12-6-1-2-7-16-12/h3-5,8,12,16H,1-2,6-7,9H2/t12-/m1/s1. The normalized spacial score (nSPS) is 19.1. The Morgan fingerprint density at radius 3 is 3.15 bits per heavy atom. The van der Waals surface area contributed by atoms with Gasteiger partial charge in [0.05, 0.1) is 11.8 Å². The summed E-state index contributed by atoms with van der Waals surface area (Å²) >= 11 is 1.50. The van der Waals surface area contributed by atoms with E-state index in [1.54, 1.807) is 6.07 Å². The first-order valence-electron chi connectivity index (χ1n) is 6.75. The highest BCUT2D eigenvalue weighted by atomic mass is 32.2. The average molecular weight is 293 g/mol. The Kier molecular flexibility index (Phi) is 4.32. The predicted octanol–water partition coefficient (Wildman–Crippen LogP) is 3.32. The molecule has 3 rings (SSSR count). The highest BCUT2D eigenvalue weighted by Gasteiger charge is 2.20. The Bertz CT molecular complexity index is 569. The lowest BCUT2D eigenvalue weighted by molar-refractivity contribution is 0.296. The van der Waals surface area contributed by atoms with Crippen molar-refractivity contribution < 1.29 is 8.91 Å². The van der Waals surface area contributed by atoms with Crippen molar-refractivity contribution >= 4 is 11.8 Å². The molecule has 6 heteroatoms. The summed E-state index contributed by atoms with van der Waals surface area (Å²) in [6.45, 7) is 1.00. The van der Waals surface area contributed by atoms with Crippen molar-refractivity contribution in [1.82, 2.24) is 15.5 Å². The summed E-state index contributed by atoms with van der Waals surface area (Å²) in [6, 6.07) is 6.70. The van der Waals surface area contributed by atoms with Crippen LogP contribution in [0.25, 0.3) is 0 Å². The Balaban J connectivity index is 1.59. The summed E-state index contributed by atoms with van der Waals surface area (Å²) in [6.07, 6.45) is 3.43. The minimum Gasteiger partial charge on any atom is -0.338 e. The van der Waals surface area contributed by atoms with Crippen LogP contribution in [0, 0.1) is 5.82 Å². The first kappa shape index (κ1) is 13.6. The maximum absolute atomic E-state index is 13.1. The third-order valence-corrected chi connectivity index (χ3v) is 4.25. The SMILES string of the molecule is Fc1cccc(SCc2noc([C@H]3CCCCN3)n2)c1. The second-order valence-corrected chi connectivity index (χ2v) is 5.85. The molecule has 2 heterocycles. The van der Waals surface area contributed by atoms with Gasteiger partial charge in [-0.05, 0) is 37.6 Å². The van der Waals surface area contributed by atoms with Gasteiger partial charge in [0.2, 0.25) is 5.89 Å². The first-order chi connectivity index (χ1) is 9.81. The lowest BCUT2D eigenvalue weighted by Gasteiger charge is -2.19. The van der Waals surface area contributed by atoms with Crippen LogP contribution in [0.3, 0.4) is 0 Å². The summed E-state index contributed by atoms with van der Waals surface area (Å²) in [5.41, 5.74) is 0. The fourth-order valence-electron chi connectivity index (χ4n) is 2.23. The van der Waals surface area contributed by atoms with E-state index < -0.39 is 0 Å². The van der Waals surface area contributed by atoms with Gasteiger partial charge in [0.15, 0.2) is 5.82 Å². The van der Waals surface area contributed by atoms with Crippen LogP contribution in [0.5, 0.6) is 0 Å². The third kappa shape index (κ3) is 3.37. The topological polar surface area (TPSA) is 51.0 Å². The number of halogens is 1. The smallest absolute Gasteiger partial charge is 0.243 e. The van der Waals surface area contributed by atoms with Gasteiger partial charge in [-0.15, -0.1) is 11.8 Å². The molecular weight excluding hydrogens is 277 g/mol. The molecule has 1 aromatic carbocycles. The molecule has 0 spiro atoms. The van der Waals surface area contributed by atoms with Crippen molar-refractivity contribution in [3.8, 4) is 0 Å². The Hall–Kier alpha value is -1.40. The van der Waals surface area contributed by atoms with Crippen molar-refractivity contribution in [2.45, 2.75) is 36.0 Å². The first-order valence-corrected chi connectivity index (χ1v) is 7.74. The van der Waals surface area contributed by atoms with Gasteiger partial charge in [0.1, 0.15) is 5.82 Å². The molecule has 1 N–H and O–H groups in total. The highest BCUT2D eigenvalue weighted by Crippen LogP contribution is 2.25. The molecule has 106 valence electrons. The van der Waals surface area contributed by atoms with Gasteiger partial charge in [-0.3, -0.25) is 0 Å². The van der Waals surface area contributed by atoms with Crippen LogP contribution in [-0.4, -0.2) is 16.7 Å². The third-order valence-electron chi connectivity index (χ3n) is 3.26. The van der Waals surface area contributed by atoms with Crippen molar-refractivity contribution in [3.63, 3.8) is 0 Å².